The summed E-state index contributed by atoms with van der Waals surface area (Å²) in [5, 5.41) is 3.00. The van der Waals surface area contributed by atoms with E-state index in [1.165, 1.54) is 12.1 Å². The van der Waals surface area contributed by atoms with Crippen LogP contribution in [0.4, 0.5) is 9.18 Å². The van der Waals surface area contributed by atoms with Gasteiger partial charge < -0.3 is 19.9 Å². The Labute approximate surface area is 181 Å². The van der Waals surface area contributed by atoms with E-state index >= 15 is 0 Å². The van der Waals surface area contributed by atoms with Gasteiger partial charge in [-0.25, -0.2) is 14.2 Å². The molecule has 2 amide bonds. The van der Waals surface area contributed by atoms with E-state index in [1.807, 2.05) is 29.2 Å². The van der Waals surface area contributed by atoms with Gasteiger partial charge in [0.25, 0.3) is 0 Å². The molecule has 0 aliphatic carbocycles. The number of piperazine rings is 1. The van der Waals surface area contributed by atoms with Crippen LogP contribution in [0, 0.1) is 5.82 Å². The summed E-state index contributed by atoms with van der Waals surface area (Å²) in [5.41, 5.74) is 1.83. The molecule has 1 N–H and O–H groups in total. The van der Waals surface area contributed by atoms with Crippen LogP contribution in [0.15, 0.2) is 72.9 Å². The van der Waals surface area contributed by atoms with Crippen molar-refractivity contribution in [2.45, 2.75) is 12.6 Å². The van der Waals surface area contributed by atoms with Crippen LogP contribution in [-0.4, -0.2) is 47.5 Å². The van der Waals surface area contributed by atoms with Crippen molar-refractivity contribution in [2.75, 3.05) is 26.7 Å². The van der Waals surface area contributed by atoms with Crippen LogP contribution in [0.5, 0.6) is 11.6 Å². The molecule has 3 aromatic rings. The van der Waals surface area contributed by atoms with E-state index in [9.17, 15) is 9.18 Å². The maximum atomic E-state index is 13.5. The Balaban J connectivity index is 1.46. The zero-order valence-electron chi connectivity index (χ0n) is 17.4. The van der Waals surface area contributed by atoms with Crippen molar-refractivity contribution in [2.24, 2.45) is 0 Å². The lowest BCUT2D eigenvalue weighted by Crippen LogP contribution is -2.52. The number of rotatable bonds is 5. The van der Waals surface area contributed by atoms with Gasteiger partial charge in [0.1, 0.15) is 11.6 Å². The third-order valence-electron chi connectivity index (χ3n) is 5.32. The van der Waals surface area contributed by atoms with E-state index in [1.54, 1.807) is 24.4 Å². The summed E-state index contributed by atoms with van der Waals surface area (Å²) in [6.45, 7) is 2.49. The van der Waals surface area contributed by atoms with Gasteiger partial charge in [0.15, 0.2) is 0 Å². The molecule has 0 saturated carbocycles. The van der Waals surface area contributed by atoms with Crippen LogP contribution in [0.3, 0.4) is 0 Å². The molecule has 2 aromatic carbocycles. The number of nitrogens with one attached hydrogen (secondary N) is 1. The van der Waals surface area contributed by atoms with E-state index in [2.05, 4.69) is 34.4 Å². The van der Waals surface area contributed by atoms with E-state index in [0.717, 1.165) is 18.7 Å². The number of nitrogens with zero attached hydrogens (tertiary/aromatic N) is 3. The van der Waals surface area contributed by atoms with Crippen molar-refractivity contribution in [1.82, 2.24) is 20.1 Å². The third-order valence-corrected chi connectivity index (χ3v) is 5.32. The summed E-state index contributed by atoms with van der Waals surface area (Å²) in [5.74, 6) is 0.311. The topological polar surface area (TPSA) is 57.7 Å². The Morgan fingerprint density at radius 3 is 2.77 bits per heavy atom. The number of pyridine rings is 1. The third kappa shape index (κ3) is 5.19. The fraction of sp³-hybridized carbons (Fsp3) is 0.250. The number of hydrogen-bond donors (Lipinski definition) is 1. The molecule has 6 nitrogen and oxygen atoms in total. The smallest absolute Gasteiger partial charge is 0.318 e. The number of hydrogen-bond acceptors (Lipinski definition) is 4. The first-order chi connectivity index (χ1) is 15.1. The fourth-order valence-electron chi connectivity index (χ4n) is 3.69. The van der Waals surface area contributed by atoms with Crippen molar-refractivity contribution in [3.63, 3.8) is 0 Å². The van der Waals surface area contributed by atoms with Crippen LogP contribution < -0.4 is 10.1 Å². The molecule has 31 heavy (non-hydrogen) atoms. The number of halogens is 1. The SMILES string of the molecule is CN1CCN(C(=O)NCc2cccnc2Oc2cccc(F)c2)C(c2ccccc2)C1. The largest absolute Gasteiger partial charge is 0.439 e. The molecule has 4 rings (SSSR count). The molecule has 0 radical (unpaired) electrons. The lowest BCUT2D eigenvalue weighted by atomic mass is 10.0. The number of likely N-dealkylation sites (N-methyl/N-ethyl adjacent to an activating group) is 1. The highest BCUT2D eigenvalue weighted by Crippen LogP contribution is 2.26. The molecule has 1 aliphatic rings. The molecule has 1 aliphatic heterocycles. The molecule has 1 fully saturated rings. The van der Waals surface area contributed by atoms with Crippen LogP contribution in [0.2, 0.25) is 0 Å². The van der Waals surface area contributed by atoms with Crippen molar-refractivity contribution < 1.29 is 13.9 Å². The minimum absolute atomic E-state index is 0.0168. The zero-order valence-corrected chi connectivity index (χ0v) is 17.4. The Hall–Kier alpha value is -3.45. The number of ether oxygens (including phenoxy) is 1. The molecule has 2 heterocycles. The zero-order chi connectivity index (χ0) is 21.6. The molecule has 1 saturated heterocycles. The maximum Gasteiger partial charge on any atom is 0.318 e. The monoisotopic (exact) mass is 420 g/mol. The van der Waals surface area contributed by atoms with Crippen molar-refractivity contribution in [3.05, 3.63) is 89.9 Å². The number of amides is 2. The van der Waals surface area contributed by atoms with Gasteiger partial charge in [-0.05, 0) is 30.8 Å². The van der Waals surface area contributed by atoms with Crippen molar-refractivity contribution in [3.8, 4) is 11.6 Å². The number of benzene rings is 2. The standard InChI is InChI=1S/C24H25FN4O2/c1-28-13-14-29(22(17-28)18-7-3-2-4-8-18)24(30)27-16-19-9-6-12-26-23(19)31-21-11-5-10-20(25)15-21/h2-12,15,22H,13-14,16-17H2,1H3,(H,27,30). The summed E-state index contributed by atoms with van der Waals surface area (Å²) in [6, 6.07) is 19.4. The number of urea groups is 1. The summed E-state index contributed by atoms with van der Waals surface area (Å²) in [4.78, 5) is 21.4. The van der Waals surface area contributed by atoms with Crippen LogP contribution >= 0.6 is 0 Å². The van der Waals surface area contributed by atoms with Crippen LogP contribution in [-0.2, 0) is 6.54 Å². The number of aromatic nitrogens is 1. The average Bonchev–Trinajstić information content (AvgIpc) is 2.79. The number of carbonyl (C=O) groups is 1. The second-order valence-electron chi connectivity index (χ2n) is 7.57. The lowest BCUT2D eigenvalue weighted by molar-refractivity contribution is 0.108. The Morgan fingerprint density at radius 1 is 1.13 bits per heavy atom. The Kier molecular flexibility index (Phi) is 6.43. The minimum atomic E-state index is -0.384. The second-order valence-corrected chi connectivity index (χ2v) is 7.57. The highest BCUT2D eigenvalue weighted by Gasteiger charge is 2.30. The van der Waals surface area contributed by atoms with E-state index in [0.29, 0.717) is 23.7 Å². The molecule has 160 valence electrons. The predicted octanol–water partition coefficient (Wildman–Crippen LogP) is 4.21. The van der Waals surface area contributed by atoms with Gasteiger partial charge in [-0.15, -0.1) is 0 Å². The maximum absolute atomic E-state index is 13.5. The van der Waals surface area contributed by atoms with Gasteiger partial charge in [0, 0.05) is 44.0 Å². The van der Waals surface area contributed by atoms with E-state index < -0.39 is 0 Å². The average molecular weight is 420 g/mol. The Bertz CT molecular complexity index is 1030. The van der Waals surface area contributed by atoms with E-state index in [-0.39, 0.29) is 24.4 Å². The van der Waals surface area contributed by atoms with Crippen LogP contribution in [0.1, 0.15) is 17.2 Å². The minimum Gasteiger partial charge on any atom is -0.439 e. The fourth-order valence-corrected chi connectivity index (χ4v) is 3.69. The predicted molar refractivity (Wildman–Crippen MR) is 116 cm³/mol. The molecule has 7 heteroatoms. The van der Waals surface area contributed by atoms with Gasteiger partial charge in [-0.2, -0.15) is 0 Å². The molecule has 0 bridgehead atoms. The summed E-state index contributed by atoms with van der Waals surface area (Å²) in [6.07, 6.45) is 1.60. The normalized spacial score (nSPS) is 16.7. The molecule has 1 unspecified atom stereocenters. The highest BCUT2D eigenvalue weighted by molar-refractivity contribution is 5.75. The Morgan fingerprint density at radius 2 is 1.97 bits per heavy atom. The molecular weight excluding hydrogens is 395 g/mol. The van der Waals surface area contributed by atoms with Gasteiger partial charge in [-0.3, -0.25) is 0 Å². The first kappa shape index (κ1) is 20.8. The lowest BCUT2D eigenvalue weighted by Gasteiger charge is -2.40. The molecule has 0 spiro atoms. The van der Waals surface area contributed by atoms with Crippen molar-refractivity contribution >= 4 is 6.03 Å². The molecule has 1 aromatic heterocycles. The van der Waals surface area contributed by atoms with E-state index in [4.69, 9.17) is 4.74 Å². The quantitative estimate of drug-likeness (QED) is 0.672. The van der Waals surface area contributed by atoms with Gasteiger partial charge in [0.2, 0.25) is 5.88 Å². The van der Waals surface area contributed by atoms with Crippen molar-refractivity contribution in [1.29, 1.82) is 0 Å². The number of carbonyl (C=O) groups excluding carboxylic acids is 1. The first-order valence-corrected chi connectivity index (χ1v) is 10.3. The second kappa shape index (κ2) is 9.57. The summed E-state index contributed by atoms with van der Waals surface area (Å²) >= 11 is 0. The molecular formula is C24H25FN4O2. The van der Waals surface area contributed by atoms with Gasteiger partial charge in [-0.1, -0.05) is 42.5 Å². The molecule has 1 atom stereocenters. The van der Waals surface area contributed by atoms with Gasteiger partial charge in [0.05, 0.1) is 6.04 Å². The van der Waals surface area contributed by atoms with Gasteiger partial charge >= 0.3 is 6.03 Å². The summed E-state index contributed by atoms with van der Waals surface area (Å²) < 4.78 is 19.2. The highest BCUT2D eigenvalue weighted by atomic mass is 19.1. The summed E-state index contributed by atoms with van der Waals surface area (Å²) in [7, 11) is 2.07. The first-order valence-electron chi connectivity index (χ1n) is 10.3. The van der Waals surface area contributed by atoms with Crippen LogP contribution in [0.25, 0.3) is 0 Å².